The average Bonchev–Trinajstić information content (AvgIpc) is 3.25. The van der Waals surface area contributed by atoms with Crippen LogP contribution in [0.15, 0.2) is 48.5 Å². The van der Waals surface area contributed by atoms with E-state index in [0.717, 1.165) is 28.7 Å². The monoisotopic (exact) mass is 464 g/mol. The maximum absolute atomic E-state index is 13.1. The van der Waals surface area contributed by atoms with Crippen LogP contribution in [-0.2, 0) is 14.3 Å². The van der Waals surface area contributed by atoms with E-state index in [-0.39, 0.29) is 49.2 Å². The van der Waals surface area contributed by atoms with E-state index in [1.165, 1.54) is 0 Å². The Morgan fingerprint density at radius 2 is 1.74 bits per heavy atom. The van der Waals surface area contributed by atoms with Gasteiger partial charge in [-0.1, -0.05) is 48.5 Å². The van der Waals surface area contributed by atoms with Gasteiger partial charge in [-0.2, -0.15) is 0 Å². The standard InChI is InChI=1S/C26H28N2O6/c29-15-26-11-16(26)12-28(14-26)24(32)22(9-10-23(30)31)27-25(33)34-13-21-19-7-3-1-5-17(19)18-6-2-4-8-20(18)21/h1-8,16,21-22,29H,9-15H2,(H,27,33)(H,30,31). The van der Waals surface area contributed by atoms with E-state index in [9.17, 15) is 19.5 Å². The Kier molecular flexibility index (Phi) is 5.77. The van der Waals surface area contributed by atoms with Crippen molar-refractivity contribution in [3.8, 4) is 11.1 Å². The second-order valence-corrected chi connectivity index (χ2v) is 9.60. The minimum Gasteiger partial charge on any atom is -0.481 e. The van der Waals surface area contributed by atoms with Gasteiger partial charge in [-0.25, -0.2) is 4.79 Å². The van der Waals surface area contributed by atoms with E-state index in [1.54, 1.807) is 4.90 Å². The molecule has 3 N–H and O–H groups in total. The summed E-state index contributed by atoms with van der Waals surface area (Å²) < 4.78 is 5.55. The molecular weight excluding hydrogens is 436 g/mol. The SMILES string of the molecule is O=C(O)CCC(NC(=O)OCC1c2ccccc2-c2ccccc21)C(=O)N1CC2CC2(CO)C1. The van der Waals surface area contributed by atoms with Crippen LogP contribution in [0.25, 0.3) is 11.1 Å². The lowest BCUT2D eigenvalue weighted by molar-refractivity contribution is -0.138. The van der Waals surface area contributed by atoms with Gasteiger partial charge >= 0.3 is 12.1 Å². The third-order valence-electron chi connectivity index (χ3n) is 7.51. The number of carboxylic acids is 1. The molecule has 3 aliphatic rings. The first-order valence-electron chi connectivity index (χ1n) is 11.6. The number of hydrogen-bond donors (Lipinski definition) is 3. The second-order valence-electron chi connectivity index (χ2n) is 9.60. The average molecular weight is 465 g/mol. The van der Waals surface area contributed by atoms with Crippen molar-refractivity contribution in [2.75, 3.05) is 26.3 Å². The molecule has 0 aromatic heterocycles. The Bertz CT molecular complexity index is 1080. The molecule has 1 saturated heterocycles. The van der Waals surface area contributed by atoms with E-state index in [2.05, 4.69) is 17.4 Å². The third-order valence-corrected chi connectivity index (χ3v) is 7.51. The van der Waals surface area contributed by atoms with Crippen molar-refractivity contribution in [3.63, 3.8) is 0 Å². The van der Waals surface area contributed by atoms with Crippen LogP contribution in [0.2, 0.25) is 0 Å². The molecule has 0 spiro atoms. The molecule has 2 fully saturated rings. The number of ether oxygens (including phenoxy) is 1. The number of hydrogen-bond acceptors (Lipinski definition) is 5. The van der Waals surface area contributed by atoms with Crippen molar-refractivity contribution in [1.29, 1.82) is 0 Å². The zero-order valence-corrected chi connectivity index (χ0v) is 18.8. The van der Waals surface area contributed by atoms with Crippen LogP contribution in [0.5, 0.6) is 0 Å². The number of fused-ring (bicyclic) bond motifs is 4. The van der Waals surface area contributed by atoms with Crippen molar-refractivity contribution in [2.45, 2.75) is 31.2 Å². The van der Waals surface area contributed by atoms with Gasteiger partial charge in [0.2, 0.25) is 5.91 Å². The molecule has 3 atom stereocenters. The lowest BCUT2D eigenvalue weighted by Crippen LogP contribution is -2.49. The first-order chi connectivity index (χ1) is 16.4. The number of aliphatic carboxylic acids is 1. The fourth-order valence-corrected chi connectivity index (χ4v) is 5.53. The van der Waals surface area contributed by atoms with Crippen molar-refractivity contribution >= 4 is 18.0 Å². The highest BCUT2D eigenvalue weighted by molar-refractivity contribution is 5.87. The van der Waals surface area contributed by atoms with Crippen LogP contribution in [0.3, 0.4) is 0 Å². The number of carbonyl (C=O) groups is 3. The quantitative estimate of drug-likeness (QED) is 0.553. The number of benzene rings is 2. The fraction of sp³-hybridized carbons (Fsp3) is 0.423. The molecule has 8 heteroatoms. The highest BCUT2D eigenvalue weighted by Gasteiger charge is 2.60. The highest BCUT2D eigenvalue weighted by atomic mass is 16.5. The third kappa shape index (κ3) is 4.03. The number of nitrogens with one attached hydrogen (secondary N) is 1. The molecule has 1 aliphatic heterocycles. The number of aliphatic hydroxyl groups is 1. The molecule has 2 aromatic carbocycles. The normalized spacial score (nSPS) is 23.0. The van der Waals surface area contributed by atoms with E-state index in [1.807, 2.05) is 36.4 Å². The number of piperidine rings is 1. The summed E-state index contributed by atoms with van der Waals surface area (Å²) in [6, 6.07) is 15.0. The minimum absolute atomic E-state index is 0.0222. The molecule has 0 bridgehead atoms. The number of amides is 2. The number of rotatable bonds is 8. The summed E-state index contributed by atoms with van der Waals surface area (Å²) in [5.74, 6) is -1.20. The van der Waals surface area contributed by atoms with Crippen LogP contribution >= 0.6 is 0 Å². The lowest BCUT2D eigenvalue weighted by atomic mass is 9.98. The summed E-state index contributed by atoms with van der Waals surface area (Å²) in [6.45, 7) is 1.10. The van der Waals surface area contributed by atoms with Crippen LogP contribution in [0.1, 0.15) is 36.3 Å². The minimum atomic E-state index is -1.04. The Morgan fingerprint density at radius 3 is 2.32 bits per heavy atom. The van der Waals surface area contributed by atoms with Crippen LogP contribution in [-0.4, -0.2) is 65.4 Å². The van der Waals surface area contributed by atoms with Crippen LogP contribution < -0.4 is 5.32 Å². The maximum Gasteiger partial charge on any atom is 0.407 e. The number of alkyl carbamates (subject to hydrolysis) is 1. The van der Waals surface area contributed by atoms with Gasteiger partial charge in [0.05, 0.1) is 6.61 Å². The van der Waals surface area contributed by atoms with E-state index >= 15 is 0 Å². The van der Waals surface area contributed by atoms with Gasteiger partial charge in [-0.15, -0.1) is 0 Å². The number of likely N-dealkylation sites (tertiary alicyclic amines) is 1. The van der Waals surface area contributed by atoms with Gasteiger partial charge < -0.3 is 25.2 Å². The number of aliphatic hydroxyl groups excluding tert-OH is 1. The zero-order chi connectivity index (χ0) is 23.9. The summed E-state index contributed by atoms with van der Waals surface area (Å²) in [5, 5.41) is 21.3. The van der Waals surface area contributed by atoms with Gasteiger partial charge in [0.25, 0.3) is 0 Å². The van der Waals surface area contributed by atoms with Crippen molar-refractivity contribution in [1.82, 2.24) is 10.2 Å². The maximum atomic E-state index is 13.1. The molecule has 1 heterocycles. The lowest BCUT2D eigenvalue weighted by Gasteiger charge is -2.26. The van der Waals surface area contributed by atoms with Crippen LogP contribution in [0.4, 0.5) is 4.79 Å². The van der Waals surface area contributed by atoms with Crippen LogP contribution in [0, 0.1) is 11.3 Å². The van der Waals surface area contributed by atoms with Gasteiger partial charge in [0.1, 0.15) is 12.6 Å². The first-order valence-corrected chi connectivity index (χ1v) is 11.6. The molecule has 34 heavy (non-hydrogen) atoms. The molecule has 0 radical (unpaired) electrons. The molecule has 5 rings (SSSR count). The van der Waals surface area contributed by atoms with Crippen molar-refractivity contribution < 1.29 is 29.3 Å². The summed E-state index contributed by atoms with van der Waals surface area (Å²) in [5.41, 5.74) is 4.18. The fourth-order valence-electron chi connectivity index (χ4n) is 5.53. The topological polar surface area (TPSA) is 116 Å². The van der Waals surface area contributed by atoms with Gasteiger partial charge in [-0.05, 0) is 41.0 Å². The van der Waals surface area contributed by atoms with Gasteiger partial charge in [-0.3, -0.25) is 9.59 Å². The Balaban J connectivity index is 1.24. The number of carboxylic acid groups (broad SMARTS) is 1. The molecule has 2 aromatic rings. The van der Waals surface area contributed by atoms with Crippen molar-refractivity contribution in [3.05, 3.63) is 59.7 Å². The predicted molar refractivity (Wildman–Crippen MR) is 123 cm³/mol. The summed E-state index contributed by atoms with van der Waals surface area (Å²) >= 11 is 0. The van der Waals surface area contributed by atoms with Crippen molar-refractivity contribution in [2.24, 2.45) is 11.3 Å². The van der Waals surface area contributed by atoms with Gasteiger partial charge in [0.15, 0.2) is 0 Å². The van der Waals surface area contributed by atoms with E-state index in [4.69, 9.17) is 9.84 Å². The smallest absolute Gasteiger partial charge is 0.407 e. The van der Waals surface area contributed by atoms with Gasteiger partial charge in [0, 0.05) is 30.8 Å². The molecule has 3 unspecified atom stereocenters. The predicted octanol–water partition coefficient (Wildman–Crippen LogP) is 2.60. The summed E-state index contributed by atoms with van der Waals surface area (Å²) in [4.78, 5) is 38.5. The molecule has 178 valence electrons. The summed E-state index contributed by atoms with van der Waals surface area (Å²) in [7, 11) is 0. The highest BCUT2D eigenvalue weighted by Crippen LogP contribution is 2.57. The zero-order valence-electron chi connectivity index (χ0n) is 18.8. The first kappa shape index (κ1) is 22.4. The molecule has 2 aliphatic carbocycles. The second kappa shape index (κ2) is 8.76. The number of carbonyl (C=O) groups excluding carboxylic acids is 2. The van der Waals surface area contributed by atoms with E-state index in [0.29, 0.717) is 13.1 Å². The molecule has 1 saturated carbocycles. The molecule has 2 amide bonds. The number of nitrogens with zero attached hydrogens (tertiary/aromatic N) is 1. The van der Waals surface area contributed by atoms with E-state index < -0.39 is 18.1 Å². The molecular formula is C26H28N2O6. The molecule has 8 nitrogen and oxygen atoms in total. The largest absolute Gasteiger partial charge is 0.481 e. The Labute approximate surface area is 197 Å². The Morgan fingerprint density at radius 1 is 1.09 bits per heavy atom. The summed E-state index contributed by atoms with van der Waals surface area (Å²) in [6.07, 6.45) is -0.118. The Hall–Kier alpha value is -3.39.